The number of halogens is 3. The lowest BCUT2D eigenvalue weighted by atomic mass is 10.0. The number of aryl methyl sites for hydroxylation is 1. The van der Waals surface area contributed by atoms with Crippen LogP contribution in [0.15, 0.2) is 47.3 Å². The highest BCUT2D eigenvalue weighted by Gasteiger charge is 2.27. The van der Waals surface area contributed by atoms with Crippen LogP contribution in [0.2, 0.25) is 10.3 Å². The Hall–Kier alpha value is -1.73. The van der Waals surface area contributed by atoms with Gasteiger partial charge in [-0.05, 0) is 65.4 Å². The topological polar surface area (TPSA) is 52.8 Å². The minimum atomic E-state index is -0.0158. The summed E-state index contributed by atoms with van der Waals surface area (Å²) in [6.45, 7) is 0. The zero-order valence-electron chi connectivity index (χ0n) is 15.4. The molecular weight excluding hydrogens is 475 g/mol. The molecule has 0 bridgehead atoms. The molecule has 0 saturated carbocycles. The van der Waals surface area contributed by atoms with Gasteiger partial charge in [-0.2, -0.15) is 0 Å². The van der Waals surface area contributed by atoms with E-state index < -0.39 is 0 Å². The fourth-order valence-electron chi connectivity index (χ4n) is 3.92. The zero-order chi connectivity index (χ0) is 20.0. The van der Waals surface area contributed by atoms with Gasteiger partial charge in [-0.1, -0.05) is 35.3 Å². The molecule has 1 fully saturated rings. The van der Waals surface area contributed by atoms with E-state index in [1.807, 2.05) is 18.3 Å². The van der Waals surface area contributed by atoms with Crippen molar-refractivity contribution in [3.05, 3.63) is 63.2 Å². The molecule has 2 atom stereocenters. The van der Waals surface area contributed by atoms with Gasteiger partial charge in [-0.3, -0.25) is 0 Å². The number of ether oxygens (including phenoxy) is 1. The highest BCUT2D eigenvalue weighted by atomic mass is 79.9. The summed E-state index contributed by atoms with van der Waals surface area (Å²) in [4.78, 5) is 12.9. The number of fused-ring (bicyclic) bond motifs is 2. The van der Waals surface area contributed by atoms with Gasteiger partial charge in [0.2, 0.25) is 0 Å². The Balaban J connectivity index is 1.27. The second-order valence-corrected chi connectivity index (χ2v) is 8.81. The highest BCUT2D eigenvalue weighted by molar-refractivity contribution is 9.10. The number of hydrogen-bond donors (Lipinski definition) is 0. The summed E-state index contributed by atoms with van der Waals surface area (Å²) in [5, 5.41) is 2.89. The number of nitrogens with zero attached hydrogens (tertiary/aromatic N) is 4. The second kappa shape index (κ2) is 7.84. The lowest BCUT2D eigenvalue weighted by molar-refractivity contribution is 0.00120. The maximum Gasteiger partial charge on any atom is 0.146 e. The SMILES string of the molecule is Clc1nc2cc(CCC3CCC(n4ccc5c(Cl)ncnc54)O3)ccc2cc1Br. The van der Waals surface area contributed by atoms with Crippen molar-refractivity contribution in [1.29, 1.82) is 0 Å². The molecule has 0 amide bonds. The van der Waals surface area contributed by atoms with Gasteiger partial charge in [0.1, 0.15) is 28.5 Å². The van der Waals surface area contributed by atoms with E-state index in [0.717, 1.165) is 52.1 Å². The molecule has 1 aliphatic rings. The van der Waals surface area contributed by atoms with E-state index in [0.29, 0.717) is 10.3 Å². The van der Waals surface area contributed by atoms with Crippen molar-refractivity contribution in [3.8, 4) is 0 Å². The number of hydrogen-bond acceptors (Lipinski definition) is 4. The van der Waals surface area contributed by atoms with Gasteiger partial charge < -0.3 is 9.30 Å². The van der Waals surface area contributed by atoms with E-state index in [9.17, 15) is 0 Å². The fraction of sp³-hybridized carbons (Fsp3) is 0.286. The summed E-state index contributed by atoms with van der Waals surface area (Å²) in [6, 6.07) is 10.3. The third-order valence-electron chi connectivity index (χ3n) is 5.40. The van der Waals surface area contributed by atoms with E-state index in [1.54, 1.807) is 0 Å². The van der Waals surface area contributed by atoms with Crippen molar-refractivity contribution >= 4 is 61.1 Å². The molecule has 4 aromatic rings. The van der Waals surface area contributed by atoms with E-state index in [1.165, 1.54) is 11.9 Å². The lowest BCUT2D eigenvalue weighted by Crippen LogP contribution is -2.12. The molecule has 1 aromatic carbocycles. The van der Waals surface area contributed by atoms with Gasteiger partial charge >= 0.3 is 0 Å². The third-order valence-corrected chi connectivity index (χ3v) is 6.83. The Kier molecular flexibility index (Phi) is 5.20. The summed E-state index contributed by atoms with van der Waals surface area (Å²) in [5.74, 6) is 0. The molecule has 148 valence electrons. The van der Waals surface area contributed by atoms with Gasteiger partial charge in [0.05, 0.1) is 21.5 Å². The molecule has 5 nitrogen and oxygen atoms in total. The normalized spacial score (nSPS) is 19.4. The molecule has 0 spiro atoms. The first kappa shape index (κ1) is 19.2. The van der Waals surface area contributed by atoms with Crippen molar-refractivity contribution in [2.45, 2.75) is 38.0 Å². The quantitative estimate of drug-likeness (QED) is 0.246. The minimum Gasteiger partial charge on any atom is -0.355 e. The van der Waals surface area contributed by atoms with Crippen molar-refractivity contribution in [2.24, 2.45) is 0 Å². The smallest absolute Gasteiger partial charge is 0.146 e. The van der Waals surface area contributed by atoms with Crippen LogP contribution < -0.4 is 0 Å². The first-order valence-electron chi connectivity index (χ1n) is 9.45. The molecule has 2 unspecified atom stereocenters. The summed E-state index contributed by atoms with van der Waals surface area (Å²) in [5.41, 5.74) is 2.97. The van der Waals surface area contributed by atoms with Crippen LogP contribution >= 0.6 is 39.1 Å². The van der Waals surface area contributed by atoms with Crippen LogP contribution in [-0.4, -0.2) is 25.6 Å². The lowest BCUT2D eigenvalue weighted by Gasteiger charge is -2.16. The minimum absolute atomic E-state index is 0.0158. The molecule has 8 heteroatoms. The molecule has 1 saturated heterocycles. The Labute approximate surface area is 186 Å². The van der Waals surface area contributed by atoms with Gasteiger partial charge in [0, 0.05) is 11.6 Å². The van der Waals surface area contributed by atoms with Gasteiger partial charge in [0.25, 0.3) is 0 Å². The zero-order valence-corrected chi connectivity index (χ0v) is 18.5. The Morgan fingerprint density at radius 3 is 2.90 bits per heavy atom. The number of rotatable bonds is 4. The standard InChI is InChI=1S/C21H17BrCl2N4O/c22-16-10-13-3-1-12(9-17(13)27-20(16)24)2-4-14-5-6-18(29-14)28-8-7-15-19(23)25-11-26-21(15)28/h1,3,7-11,14,18H,2,4-6H2. The van der Waals surface area contributed by atoms with E-state index in [4.69, 9.17) is 27.9 Å². The highest BCUT2D eigenvalue weighted by Crippen LogP contribution is 2.34. The maximum atomic E-state index is 6.31. The molecule has 3 aromatic heterocycles. The van der Waals surface area contributed by atoms with Crippen LogP contribution in [0.5, 0.6) is 0 Å². The van der Waals surface area contributed by atoms with Crippen molar-refractivity contribution in [3.63, 3.8) is 0 Å². The average molecular weight is 492 g/mol. The second-order valence-electron chi connectivity index (χ2n) is 7.24. The Morgan fingerprint density at radius 1 is 1.10 bits per heavy atom. The monoisotopic (exact) mass is 490 g/mol. The van der Waals surface area contributed by atoms with Crippen molar-refractivity contribution in [1.82, 2.24) is 19.5 Å². The number of aromatic nitrogens is 4. The summed E-state index contributed by atoms with van der Waals surface area (Å²) < 4.78 is 9.19. The van der Waals surface area contributed by atoms with Gasteiger partial charge in [0.15, 0.2) is 0 Å². The summed E-state index contributed by atoms with van der Waals surface area (Å²) in [7, 11) is 0. The van der Waals surface area contributed by atoms with Crippen LogP contribution in [0.25, 0.3) is 21.9 Å². The molecule has 4 heterocycles. The van der Waals surface area contributed by atoms with Crippen LogP contribution in [-0.2, 0) is 11.2 Å². The molecule has 1 aliphatic heterocycles. The van der Waals surface area contributed by atoms with Gasteiger partial charge in [-0.25, -0.2) is 15.0 Å². The van der Waals surface area contributed by atoms with Crippen molar-refractivity contribution < 1.29 is 4.74 Å². The van der Waals surface area contributed by atoms with Crippen LogP contribution in [0, 0.1) is 0 Å². The molecule has 0 aliphatic carbocycles. The van der Waals surface area contributed by atoms with Crippen LogP contribution in [0.4, 0.5) is 0 Å². The molecule has 5 rings (SSSR count). The van der Waals surface area contributed by atoms with E-state index in [-0.39, 0.29) is 12.3 Å². The summed E-state index contributed by atoms with van der Waals surface area (Å²) in [6.07, 6.45) is 7.54. The third kappa shape index (κ3) is 3.75. The predicted molar refractivity (Wildman–Crippen MR) is 118 cm³/mol. The molecule has 0 radical (unpaired) electrons. The molecular formula is C21H17BrCl2N4O. The fourth-order valence-corrected chi connectivity index (χ4v) is 4.59. The van der Waals surface area contributed by atoms with E-state index in [2.05, 4.69) is 53.6 Å². The maximum absolute atomic E-state index is 6.31. The first-order chi connectivity index (χ1) is 14.1. The van der Waals surface area contributed by atoms with Crippen LogP contribution in [0.3, 0.4) is 0 Å². The van der Waals surface area contributed by atoms with E-state index >= 15 is 0 Å². The number of benzene rings is 1. The predicted octanol–water partition coefficient (Wildman–Crippen LogP) is 6.36. The van der Waals surface area contributed by atoms with Crippen LogP contribution in [0.1, 0.15) is 31.1 Å². The first-order valence-corrected chi connectivity index (χ1v) is 11.0. The molecule has 0 N–H and O–H groups in total. The Morgan fingerprint density at radius 2 is 2.00 bits per heavy atom. The Bertz CT molecular complexity index is 1210. The number of pyridine rings is 1. The average Bonchev–Trinajstić information content (AvgIpc) is 3.35. The summed E-state index contributed by atoms with van der Waals surface area (Å²) >= 11 is 15.7. The molecule has 29 heavy (non-hydrogen) atoms. The van der Waals surface area contributed by atoms with Gasteiger partial charge in [-0.15, -0.1) is 0 Å². The van der Waals surface area contributed by atoms with Crippen molar-refractivity contribution in [2.75, 3.05) is 0 Å². The largest absolute Gasteiger partial charge is 0.355 e.